The van der Waals surface area contributed by atoms with Crippen LogP contribution in [-0.2, 0) is 14.3 Å². The third kappa shape index (κ3) is 13.3. The quantitative estimate of drug-likeness (QED) is 0.340. The number of carbonyl (C=O) groups excluding carboxylic acids is 3. The number of alkyl carbamates (subject to hydrolysis) is 1. The van der Waals surface area contributed by atoms with Crippen LogP contribution in [0, 0.1) is 5.92 Å². The average Bonchev–Trinajstić information content (AvgIpc) is 2.58. The molecule has 152 valence electrons. The van der Waals surface area contributed by atoms with E-state index in [1.54, 1.807) is 0 Å². The minimum absolute atomic E-state index is 0.0428. The molecule has 26 heavy (non-hydrogen) atoms. The van der Waals surface area contributed by atoms with Crippen molar-refractivity contribution < 1.29 is 23.9 Å². The molecule has 0 aliphatic heterocycles. The summed E-state index contributed by atoms with van der Waals surface area (Å²) in [4.78, 5) is 35.4. The van der Waals surface area contributed by atoms with Gasteiger partial charge in [-0.2, -0.15) is 0 Å². The summed E-state index contributed by atoms with van der Waals surface area (Å²) in [5.74, 6) is -0.328. The number of amides is 3. The van der Waals surface area contributed by atoms with Gasteiger partial charge in [0.05, 0.1) is 13.2 Å². The summed E-state index contributed by atoms with van der Waals surface area (Å²) in [5, 5.41) is 7.88. The van der Waals surface area contributed by atoms with Crippen LogP contribution in [0.15, 0.2) is 0 Å². The van der Waals surface area contributed by atoms with Crippen LogP contribution in [-0.4, -0.2) is 50.4 Å². The summed E-state index contributed by atoms with van der Waals surface area (Å²) in [6, 6.07) is -1.05. The van der Waals surface area contributed by atoms with Gasteiger partial charge in [-0.1, -0.05) is 40.5 Å². The zero-order chi connectivity index (χ0) is 19.8. The first kappa shape index (κ1) is 24.0. The molecule has 0 aromatic rings. The molecule has 0 aromatic heterocycles. The molecule has 0 saturated carbocycles. The van der Waals surface area contributed by atoms with E-state index in [-0.39, 0.29) is 25.1 Å². The Hall–Kier alpha value is -1.99. The van der Waals surface area contributed by atoms with E-state index >= 15 is 0 Å². The van der Waals surface area contributed by atoms with E-state index in [1.807, 2.05) is 27.7 Å². The van der Waals surface area contributed by atoms with Crippen LogP contribution in [0.4, 0.5) is 9.59 Å². The average molecular weight is 373 g/mol. The summed E-state index contributed by atoms with van der Waals surface area (Å²) in [6.45, 7) is 9.13. The number of urea groups is 1. The van der Waals surface area contributed by atoms with Gasteiger partial charge in [0.15, 0.2) is 0 Å². The minimum atomic E-state index is -0.762. The second-order valence-electron chi connectivity index (χ2n) is 6.52. The lowest BCUT2D eigenvalue weighted by atomic mass is 10.0. The van der Waals surface area contributed by atoms with Gasteiger partial charge in [0, 0.05) is 6.54 Å². The minimum Gasteiger partial charge on any atom is -0.462 e. The van der Waals surface area contributed by atoms with Crippen LogP contribution in [0.2, 0.25) is 0 Å². The number of carbonyl (C=O) groups is 3. The summed E-state index contributed by atoms with van der Waals surface area (Å²) in [5.41, 5.74) is 0. The molecule has 8 nitrogen and oxygen atoms in total. The highest BCUT2D eigenvalue weighted by molar-refractivity contribution is 5.81. The molecule has 0 spiro atoms. The smallest absolute Gasteiger partial charge is 0.407 e. The van der Waals surface area contributed by atoms with Crippen LogP contribution < -0.4 is 16.0 Å². The first-order chi connectivity index (χ1) is 12.4. The molecule has 3 amide bonds. The van der Waals surface area contributed by atoms with Crippen molar-refractivity contribution in [2.45, 2.75) is 65.8 Å². The Balaban J connectivity index is 4.18. The third-order valence-electron chi connectivity index (χ3n) is 3.46. The van der Waals surface area contributed by atoms with Gasteiger partial charge in [0.25, 0.3) is 0 Å². The zero-order valence-corrected chi connectivity index (χ0v) is 16.6. The molecule has 8 heteroatoms. The maximum atomic E-state index is 12.2. The van der Waals surface area contributed by atoms with Gasteiger partial charge in [-0.15, -0.1) is 0 Å². The fourth-order valence-electron chi connectivity index (χ4n) is 2.04. The van der Waals surface area contributed by atoms with E-state index in [0.717, 1.165) is 25.7 Å². The van der Waals surface area contributed by atoms with Crippen molar-refractivity contribution in [2.24, 2.45) is 5.92 Å². The maximum Gasteiger partial charge on any atom is 0.407 e. The van der Waals surface area contributed by atoms with E-state index < -0.39 is 18.1 Å². The van der Waals surface area contributed by atoms with Gasteiger partial charge in [0.1, 0.15) is 12.6 Å². The van der Waals surface area contributed by atoms with Crippen molar-refractivity contribution in [3.8, 4) is 0 Å². The summed E-state index contributed by atoms with van der Waals surface area (Å²) in [6.07, 6.45) is 3.45. The molecule has 0 saturated heterocycles. The molecule has 0 aromatic carbocycles. The Kier molecular flexibility index (Phi) is 14.1. The first-order valence-corrected chi connectivity index (χ1v) is 9.52. The Morgan fingerprint density at radius 1 is 0.885 bits per heavy atom. The monoisotopic (exact) mass is 373 g/mol. The number of hydrogen-bond acceptors (Lipinski definition) is 5. The molecule has 3 N–H and O–H groups in total. The number of ether oxygens (including phenoxy) is 2. The molecule has 0 radical (unpaired) electrons. The van der Waals surface area contributed by atoms with E-state index in [9.17, 15) is 14.4 Å². The maximum absolute atomic E-state index is 12.2. The van der Waals surface area contributed by atoms with Gasteiger partial charge in [0.2, 0.25) is 0 Å². The van der Waals surface area contributed by atoms with Gasteiger partial charge >= 0.3 is 18.1 Å². The standard InChI is InChI=1S/C18H35N3O5/c1-5-7-9-19-17(23)20-10-12-25-16(22)15(13-14(3)4)21-18(24)26-11-8-6-2/h14-15H,5-13H2,1-4H3,(H,21,24)(H2,19,20,23). The second kappa shape index (κ2) is 15.3. The van der Waals surface area contributed by atoms with Crippen LogP contribution in [0.3, 0.4) is 0 Å². The number of esters is 1. The Morgan fingerprint density at radius 2 is 1.54 bits per heavy atom. The first-order valence-electron chi connectivity index (χ1n) is 9.52. The molecular formula is C18H35N3O5. The molecule has 1 atom stereocenters. The Bertz CT molecular complexity index is 416. The summed E-state index contributed by atoms with van der Waals surface area (Å²) >= 11 is 0. The normalized spacial score (nSPS) is 11.6. The van der Waals surface area contributed by atoms with Crippen LogP contribution in [0.1, 0.15) is 59.8 Å². The number of hydrogen-bond donors (Lipinski definition) is 3. The zero-order valence-electron chi connectivity index (χ0n) is 16.6. The predicted molar refractivity (Wildman–Crippen MR) is 99.9 cm³/mol. The lowest BCUT2D eigenvalue weighted by Crippen LogP contribution is -2.44. The molecule has 0 aliphatic carbocycles. The topological polar surface area (TPSA) is 106 Å². The molecule has 0 heterocycles. The Labute approximate surface area is 156 Å². The highest BCUT2D eigenvalue weighted by Gasteiger charge is 2.24. The SMILES string of the molecule is CCCCNC(=O)NCCOC(=O)C(CC(C)C)NC(=O)OCCCC. The van der Waals surface area contributed by atoms with Crippen molar-refractivity contribution >= 4 is 18.1 Å². The van der Waals surface area contributed by atoms with E-state index in [0.29, 0.717) is 19.6 Å². The van der Waals surface area contributed by atoms with Crippen molar-refractivity contribution in [1.82, 2.24) is 16.0 Å². The van der Waals surface area contributed by atoms with Crippen LogP contribution >= 0.6 is 0 Å². The van der Waals surface area contributed by atoms with Crippen molar-refractivity contribution in [1.29, 1.82) is 0 Å². The molecule has 0 bridgehead atoms. The number of rotatable bonds is 13. The van der Waals surface area contributed by atoms with E-state index in [1.165, 1.54) is 0 Å². The highest BCUT2D eigenvalue weighted by atomic mass is 16.6. The molecule has 0 rings (SSSR count). The Morgan fingerprint density at radius 3 is 2.15 bits per heavy atom. The van der Waals surface area contributed by atoms with E-state index in [4.69, 9.17) is 9.47 Å². The van der Waals surface area contributed by atoms with Crippen LogP contribution in [0.25, 0.3) is 0 Å². The molecular weight excluding hydrogens is 338 g/mol. The second-order valence-corrected chi connectivity index (χ2v) is 6.52. The van der Waals surface area contributed by atoms with Crippen molar-refractivity contribution in [3.63, 3.8) is 0 Å². The summed E-state index contributed by atoms with van der Waals surface area (Å²) < 4.78 is 10.2. The van der Waals surface area contributed by atoms with Crippen molar-refractivity contribution in [2.75, 3.05) is 26.3 Å². The lowest BCUT2D eigenvalue weighted by molar-refractivity contribution is -0.146. The highest BCUT2D eigenvalue weighted by Crippen LogP contribution is 2.07. The van der Waals surface area contributed by atoms with Crippen LogP contribution in [0.5, 0.6) is 0 Å². The number of unbranched alkanes of at least 4 members (excludes halogenated alkanes) is 2. The van der Waals surface area contributed by atoms with Gasteiger partial charge < -0.3 is 25.4 Å². The van der Waals surface area contributed by atoms with Gasteiger partial charge in [-0.05, 0) is 25.2 Å². The molecule has 0 fully saturated rings. The van der Waals surface area contributed by atoms with Gasteiger partial charge in [-0.3, -0.25) is 0 Å². The molecule has 0 aliphatic rings. The summed E-state index contributed by atoms with van der Waals surface area (Å²) in [7, 11) is 0. The largest absolute Gasteiger partial charge is 0.462 e. The predicted octanol–water partition coefficient (Wildman–Crippen LogP) is 2.57. The van der Waals surface area contributed by atoms with Crippen molar-refractivity contribution in [3.05, 3.63) is 0 Å². The fourth-order valence-corrected chi connectivity index (χ4v) is 2.04. The molecule has 1 unspecified atom stereocenters. The van der Waals surface area contributed by atoms with Gasteiger partial charge in [-0.25, -0.2) is 14.4 Å². The van der Waals surface area contributed by atoms with E-state index in [2.05, 4.69) is 16.0 Å². The third-order valence-corrected chi connectivity index (χ3v) is 3.46. The lowest BCUT2D eigenvalue weighted by Gasteiger charge is -2.19. The number of nitrogens with one attached hydrogen (secondary N) is 3. The fraction of sp³-hybridized carbons (Fsp3) is 0.833.